The highest BCUT2D eigenvalue weighted by molar-refractivity contribution is 5.29. The minimum absolute atomic E-state index is 0.0832. The molecular weight excluding hydrogens is 195 g/mol. The maximum Gasteiger partial charge on any atom is 0.390 e. The molecule has 1 rings (SSSR count). The standard InChI is InChI=1S/C9H10F3NO/c10-9(11,12)5-8(13)6-2-1-3-7(14)4-6/h1-4,8,14H,5,13H2/t8-/m0/s1. The number of hydrogen-bond acceptors (Lipinski definition) is 2. The van der Waals surface area contributed by atoms with Gasteiger partial charge in [-0.25, -0.2) is 0 Å². The van der Waals surface area contributed by atoms with Crippen LogP contribution in [0.5, 0.6) is 5.75 Å². The van der Waals surface area contributed by atoms with Gasteiger partial charge in [0.25, 0.3) is 0 Å². The molecule has 2 nitrogen and oxygen atoms in total. The Hall–Kier alpha value is -1.23. The van der Waals surface area contributed by atoms with Crippen LogP contribution in [0.2, 0.25) is 0 Å². The maximum absolute atomic E-state index is 11.9. The zero-order chi connectivity index (χ0) is 10.8. The average molecular weight is 205 g/mol. The Kier molecular flexibility index (Phi) is 3.00. The summed E-state index contributed by atoms with van der Waals surface area (Å²) < 4.78 is 35.8. The van der Waals surface area contributed by atoms with E-state index in [0.717, 1.165) is 0 Å². The highest BCUT2D eigenvalue weighted by Crippen LogP contribution is 2.28. The molecule has 0 bridgehead atoms. The van der Waals surface area contributed by atoms with Gasteiger partial charge >= 0.3 is 6.18 Å². The molecule has 0 saturated heterocycles. The lowest BCUT2D eigenvalue weighted by Crippen LogP contribution is -2.20. The molecule has 0 fully saturated rings. The Balaban J connectivity index is 2.74. The van der Waals surface area contributed by atoms with Crippen molar-refractivity contribution in [3.05, 3.63) is 29.8 Å². The molecule has 0 aromatic heterocycles. The second-order valence-electron chi connectivity index (χ2n) is 3.02. The molecule has 78 valence electrons. The van der Waals surface area contributed by atoms with Crippen molar-refractivity contribution in [1.82, 2.24) is 0 Å². The fourth-order valence-electron chi connectivity index (χ4n) is 1.12. The third kappa shape index (κ3) is 3.26. The van der Waals surface area contributed by atoms with Gasteiger partial charge in [0, 0.05) is 6.04 Å². The van der Waals surface area contributed by atoms with E-state index in [1.807, 2.05) is 0 Å². The largest absolute Gasteiger partial charge is 0.508 e. The molecule has 1 atom stereocenters. The van der Waals surface area contributed by atoms with Gasteiger partial charge in [-0.2, -0.15) is 13.2 Å². The molecule has 0 amide bonds. The van der Waals surface area contributed by atoms with E-state index in [1.165, 1.54) is 24.3 Å². The first-order chi connectivity index (χ1) is 6.38. The van der Waals surface area contributed by atoms with Crippen LogP contribution in [0.1, 0.15) is 18.0 Å². The fraction of sp³-hybridized carbons (Fsp3) is 0.333. The highest BCUT2D eigenvalue weighted by Gasteiger charge is 2.30. The van der Waals surface area contributed by atoms with Crippen molar-refractivity contribution < 1.29 is 18.3 Å². The van der Waals surface area contributed by atoms with E-state index in [4.69, 9.17) is 10.8 Å². The molecule has 1 aromatic rings. The van der Waals surface area contributed by atoms with Gasteiger partial charge in [-0.15, -0.1) is 0 Å². The number of alkyl halides is 3. The maximum atomic E-state index is 11.9. The van der Waals surface area contributed by atoms with Crippen molar-refractivity contribution in [2.24, 2.45) is 5.73 Å². The van der Waals surface area contributed by atoms with Gasteiger partial charge in [0.05, 0.1) is 6.42 Å². The monoisotopic (exact) mass is 205 g/mol. The molecule has 0 heterocycles. The molecule has 5 heteroatoms. The molecule has 0 aliphatic rings. The lowest BCUT2D eigenvalue weighted by molar-refractivity contribution is -0.138. The number of hydrogen-bond donors (Lipinski definition) is 2. The van der Waals surface area contributed by atoms with Gasteiger partial charge in [-0.05, 0) is 17.7 Å². The van der Waals surface area contributed by atoms with Gasteiger partial charge in [-0.1, -0.05) is 12.1 Å². The molecule has 0 saturated carbocycles. The summed E-state index contributed by atoms with van der Waals surface area (Å²) in [6.45, 7) is 0. The number of benzene rings is 1. The Morgan fingerprint density at radius 3 is 2.50 bits per heavy atom. The summed E-state index contributed by atoms with van der Waals surface area (Å²) in [4.78, 5) is 0. The van der Waals surface area contributed by atoms with Crippen molar-refractivity contribution in [1.29, 1.82) is 0 Å². The van der Waals surface area contributed by atoms with E-state index in [0.29, 0.717) is 0 Å². The van der Waals surface area contributed by atoms with Gasteiger partial charge in [0.1, 0.15) is 5.75 Å². The Bertz CT molecular complexity index is 311. The summed E-state index contributed by atoms with van der Waals surface area (Å²) >= 11 is 0. The van der Waals surface area contributed by atoms with Gasteiger partial charge in [0.15, 0.2) is 0 Å². The Morgan fingerprint density at radius 1 is 1.36 bits per heavy atom. The first-order valence-electron chi connectivity index (χ1n) is 4.00. The molecule has 0 unspecified atom stereocenters. The predicted octanol–water partition coefficient (Wildman–Crippen LogP) is 2.34. The van der Waals surface area contributed by atoms with E-state index in [-0.39, 0.29) is 11.3 Å². The van der Waals surface area contributed by atoms with Gasteiger partial charge in [0.2, 0.25) is 0 Å². The number of halogens is 3. The summed E-state index contributed by atoms with van der Waals surface area (Å²) in [5, 5.41) is 9.02. The molecule has 0 spiro atoms. The summed E-state index contributed by atoms with van der Waals surface area (Å²) in [5.41, 5.74) is 5.60. The topological polar surface area (TPSA) is 46.2 Å². The smallest absolute Gasteiger partial charge is 0.390 e. The number of rotatable bonds is 2. The van der Waals surface area contributed by atoms with Crippen LogP contribution in [0.4, 0.5) is 13.2 Å². The normalized spacial score (nSPS) is 14.0. The first-order valence-corrected chi connectivity index (χ1v) is 4.00. The quantitative estimate of drug-likeness (QED) is 0.778. The predicted molar refractivity (Wildman–Crippen MR) is 45.7 cm³/mol. The number of nitrogens with two attached hydrogens (primary N) is 1. The number of aromatic hydroxyl groups is 1. The third-order valence-electron chi connectivity index (χ3n) is 1.75. The lowest BCUT2D eigenvalue weighted by Gasteiger charge is -2.14. The number of phenolic OH excluding ortho intramolecular Hbond substituents is 1. The lowest BCUT2D eigenvalue weighted by atomic mass is 10.0. The average Bonchev–Trinajstić information content (AvgIpc) is 2.01. The van der Waals surface area contributed by atoms with Crippen molar-refractivity contribution >= 4 is 0 Å². The summed E-state index contributed by atoms with van der Waals surface area (Å²) in [7, 11) is 0. The van der Waals surface area contributed by atoms with Crippen molar-refractivity contribution in [2.45, 2.75) is 18.6 Å². The van der Waals surface area contributed by atoms with Gasteiger partial charge in [-0.3, -0.25) is 0 Å². The molecule has 1 aromatic carbocycles. The van der Waals surface area contributed by atoms with Crippen LogP contribution in [0, 0.1) is 0 Å². The minimum Gasteiger partial charge on any atom is -0.508 e. The van der Waals surface area contributed by atoms with E-state index < -0.39 is 18.6 Å². The van der Waals surface area contributed by atoms with Crippen LogP contribution in [0.3, 0.4) is 0 Å². The SMILES string of the molecule is N[C@@H](CC(F)(F)F)c1cccc(O)c1. The minimum atomic E-state index is -4.29. The first kappa shape index (κ1) is 10.8. The van der Waals surface area contributed by atoms with Crippen LogP contribution >= 0.6 is 0 Å². The fourth-order valence-corrected chi connectivity index (χ4v) is 1.12. The molecule has 0 aliphatic carbocycles. The Morgan fingerprint density at radius 2 is 2.00 bits per heavy atom. The summed E-state index contributed by atoms with van der Waals surface area (Å²) in [5.74, 6) is -0.0832. The molecular formula is C9H10F3NO. The van der Waals surface area contributed by atoms with Crippen molar-refractivity contribution in [2.75, 3.05) is 0 Å². The van der Waals surface area contributed by atoms with Crippen LogP contribution < -0.4 is 5.73 Å². The van der Waals surface area contributed by atoms with E-state index >= 15 is 0 Å². The van der Waals surface area contributed by atoms with Crippen LogP contribution in [0.15, 0.2) is 24.3 Å². The third-order valence-corrected chi connectivity index (χ3v) is 1.75. The second kappa shape index (κ2) is 3.88. The zero-order valence-corrected chi connectivity index (χ0v) is 7.25. The summed E-state index contributed by atoms with van der Waals surface area (Å²) in [6.07, 6.45) is -5.37. The van der Waals surface area contributed by atoms with Crippen LogP contribution in [-0.4, -0.2) is 11.3 Å². The highest BCUT2D eigenvalue weighted by atomic mass is 19.4. The van der Waals surface area contributed by atoms with Gasteiger partial charge < -0.3 is 10.8 Å². The van der Waals surface area contributed by atoms with E-state index in [1.54, 1.807) is 0 Å². The molecule has 0 radical (unpaired) electrons. The second-order valence-corrected chi connectivity index (χ2v) is 3.02. The molecule has 0 aliphatic heterocycles. The van der Waals surface area contributed by atoms with Crippen molar-refractivity contribution in [3.63, 3.8) is 0 Å². The molecule has 3 N–H and O–H groups in total. The van der Waals surface area contributed by atoms with E-state index in [9.17, 15) is 13.2 Å². The van der Waals surface area contributed by atoms with E-state index in [2.05, 4.69) is 0 Å². The number of phenols is 1. The zero-order valence-electron chi connectivity index (χ0n) is 7.25. The van der Waals surface area contributed by atoms with Crippen LogP contribution in [-0.2, 0) is 0 Å². The molecule has 14 heavy (non-hydrogen) atoms. The Labute approximate surface area is 79.2 Å². The van der Waals surface area contributed by atoms with Crippen molar-refractivity contribution in [3.8, 4) is 5.75 Å². The summed E-state index contributed by atoms with van der Waals surface area (Å²) in [6, 6.07) is 4.40. The van der Waals surface area contributed by atoms with Crippen LogP contribution in [0.25, 0.3) is 0 Å².